The maximum Gasteiger partial charge on any atom is 0.253 e. The molecule has 0 aliphatic carbocycles. The highest BCUT2D eigenvalue weighted by atomic mass is 16.2. The molecule has 36 heavy (non-hydrogen) atoms. The first-order valence-corrected chi connectivity index (χ1v) is 13.3. The lowest BCUT2D eigenvalue weighted by atomic mass is 9.85. The quantitative estimate of drug-likeness (QED) is 0.283. The van der Waals surface area contributed by atoms with Crippen LogP contribution in [-0.4, -0.2) is 35.0 Å². The lowest BCUT2D eigenvalue weighted by molar-refractivity contribution is -0.128. The van der Waals surface area contributed by atoms with Gasteiger partial charge < -0.3 is 21.3 Å². The Balaban J connectivity index is 2.83. The first-order chi connectivity index (χ1) is 16.3. The summed E-state index contributed by atoms with van der Waals surface area (Å²) in [6.07, 6.45) is 1.15. The Bertz CT molecular complexity index is 973. The molecule has 0 bridgehead atoms. The molecule has 206 valence electrons. The fourth-order valence-electron chi connectivity index (χ4n) is 4.50. The summed E-state index contributed by atoms with van der Waals surface area (Å²) in [7, 11) is 0. The van der Waals surface area contributed by atoms with E-state index in [9.17, 15) is 19.2 Å². The van der Waals surface area contributed by atoms with Crippen molar-refractivity contribution in [2.45, 2.75) is 119 Å². The van der Waals surface area contributed by atoms with Crippen molar-refractivity contribution >= 4 is 23.2 Å². The predicted octanol–water partition coefficient (Wildman–Crippen LogP) is 4.04. The smallest absolute Gasteiger partial charge is 0.253 e. The number of hydrogen-bond acceptors (Lipinski definition) is 6. The van der Waals surface area contributed by atoms with E-state index in [4.69, 9.17) is 0 Å². The molecule has 4 N–H and O–H groups in total. The maximum absolute atomic E-state index is 12.6. The second kappa shape index (κ2) is 12.2. The van der Waals surface area contributed by atoms with Gasteiger partial charge in [-0.1, -0.05) is 41.5 Å². The number of carbonyl (C=O) groups is 2. The van der Waals surface area contributed by atoms with Crippen molar-refractivity contribution in [3.63, 3.8) is 0 Å². The monoisotopic (exact) mass is 506 g/mol. The number of hydrogen-bond donors (Lipinski definition) is 4. The number of rotatable bonds is 14. The molecule has 1 rings (SSSR count). The van der Waals surface area contributed by atoms with Crippen LogP contribution >= 0.6 is 0 Å². The van der Waals surface area contributed by atoms with E-state index in [0.29, 0.717) is 12.8 Å². The van der Waals surface area contributed by atoms with Crippen LogP contribution < -0.4 is 32.1 Å². The molecule has 4 unspecified atom stereocenters. The Kier molecular flexibility index (Phi) is 10.8. The number of anilines is 2. The van der Waals surface area contributed by atoms with Crippen LogP contribution in [0.15, 0.2) is 9.59 Å². The zero-order valence-corrected chi connectivity index (χ0v) is 24.5. The summed E-state index contributed by atoms with van der Waals surface area (Å²) in [6.45, 7) is 23.6. The van der Waals surface area contributed by atoms with Crippen molar-refractivity contribution in [2.75, 3.05) is 10.6 Å². The van der Waals surface area contributed by atoms with Gasteiger partial charge in [0.2, 0.25) is 11.8 Å². The first-order valence-electron chi connectivity index (χ1n) is 13.3. The van der Waals surface area contributed by atoms with Gasteiger partial charge in [0.05, 0.1) is 0 Å². The molecule has 1 aromatic carbocycles. The highest BCUT2D eigenvalue weighted by Crippen LogP contribution is 2.27. The van der Waals surface area contributed by atoms with Crippen LogP contribution in [0, 0.1) is 23.7 Å². The molecular weight excluding hydrogens is 456 g/mol. The van der Waals surface area contributed by atoms with Crippen LogP contribution in [0.2, 0.25) is 0 Å². The summed E-state index contributed by atoms with van der Waals surface area (Å²) in [6, 6.07) is -0.215. The Morgan fingerprint density at radius 1 is 0.694 bits per heavy atom. The average Bonchev–Trinajstić information content (AvgIpc) is 2.72. The summed E-state index contributed by atoms with van der Waals surface area (Å²) in [5.41, 5.74) is -1.60. The van der Waals surface area contributed by atoms with Crippen LogP contribution in [0.5, 0.6) is 0 Å². The van der Waals surface area contributed by atoms with Crippen LogP contribution in [-0.2, 0) is 9.59 Å². The van der Waals surface area contributed by atoms with E-state index >= 15 is 0 Å². The first kappa shape index (κ1) is 31.6. The SMILES string of the molecule is CC(CC(C)Nc1c(NC(C)(C)CC(C)(C)NC(=O)C(C)C(C)C)c(=O)c1=O)NC(=O)C(C)C(C)C. The molecule has 0 aliphatic rings. The third kappa shape index (κ3) is 8.93. The van der Waals surface area contributed by atoms with Crippen molar-refractivity contribution in [1.29, 1.82) is 0 Å². The largest absolute Gasteiger partial charge is 0.377 e. The lowest BCUT2D eigenvalue weighted by Gasteiger charge is -2.38. The van der Waals surface area contributed by atoms with Gasteiger partial charge >= 0.3 is 0 Å². The molecule has 8 nitrogen and oxygen atoms in total. The van der Waals surface area contributed by atoms with Gasteiger partial charge in [0.15, 0.2) is 0 Å². The molecule has 0 fully saturated rings. The lowest BCUT2D eigenvalue weighted by Crippen LogP contribution is -2.53. The average molecular weight is 507 g/mol. The Morgan fingerprint density at radius 3 is 1.67 bits per heavy atom. The fraction of sp³-hybridized carbons (Fsp3) is 0.786. The van der Waals surface area contributed by atoms with Gasteiger partial charge in [-0.3, -0.25) is 19.2 Å². The predicted molar refractivity (Wildman–Crippen MR) is 149 cm³/mol. The molecule has 1 aromatic rings. The zero-order chi connectivity index (χ0) is 28.2. The third-order valence-corrected chi connectivity index (χ3v) is 7.03. The van der Waals surface area contributed by atoms with Crippen molar-refractivity contribution in [3.05, 3.63) is 20.4 Å². The van der Waals surface area contributed by atoms with E-state index in [-0.39, 0.29) is 58.9 Å². The summed E-state index contributed by atoms with van der Waals surface area (Å²) < 4.78 is 0. The highest BCUT2D eigenvalue weighted by molar-refractivity contribution is 5.79. The Hall–Kier alpha value is -2.38. The summed E-state index contributed by atoms with van der Waals surface area (Å²) in [5.74, 6) is 0.323. The van der Waals surface area contributed by atoms with E-state index in [1.807, 2.05) is 83.1 Å². The van der Waals surface area contributed by atoms with E-state index in [2.05, 4.69) is 21.3 Å². The van der Waals surface area contributed by atoms with E-state index in [1.165, 1.54) is 0 Å². The molecule has 0 saturated heterocycles. The Morgan fingerprint density at radius 2 is 1.17 bits per heavy atom. The molecule has 0 aliphatic heterocycles. The van der Waals surface area contributed by atoms with E-state index in [0.717, 1.165) is 0 Å². The van der Waals surface area contributed by atoms with Gasteiger partial charge in [-0.2, -0.15) is 0 Å². The van der Waals surface area contributed by atoms with Gasteiger partial charge in [-0.05, 0) is 66.2 Å². The maximum atomic E-state index is 12.6. The van der Waals surface area contributed by atoms with Crippen LogP contribution in [0.4, 0.5) is 11.4 Å². The number of nitrogens with one attached hydrogen (secondary N) is 4. The molecule has 0 saturated carbocycles. The van der Waals surface area contributed by atoms with Gasteiger partial charge in [-0.15, -0.1) is 0 Å². The number of amides is 2. The molecule has 2 amide bonds. The van der Waals surface area contributed by atoms with Crippen molar-refractivity contribution in [3.8, 4) is 0 Å². The second-order valence-corrected chi connectivity index (χ2v) is 12.7. The normalized spacial score (nSPS) is 15.9. The second-order valence-electron chi connectivity index (χ2n) is 12.7. The molecule has 8 heteroatoms. The van der Waals surface area contributed by atoms with Gasteiger partial charge in [-0.25, -0.2) is 0 Å². The minimum absolute atomic E-state index is 0.0000863. The molecule has 0 heterocycles. The summed E-state index contributed by atoms with van der Waals surface area (Å²) in [5, 5.41) is 12.6. The molecule has 0 aromatic heterocycles. The molecule has 4 atom stereocenters. The summed E-state index contributed by atoms with van der Waals surface area (Å²) in [4.78, 5) is 49.7. The van der Waals surface area contributed by atoms with Crippen LogP contribution in [0.3, 0.4) is 0 Å². The Labute approximate surface area is 217 Å². The topological polar surface area (TPSA) is 116 Å². The van der Waals surface area contributed by atoms with Gasteiger partial charge in [0, 0.05) is 35.0 Å². The minimum atomic E-state index is -0.562. The third-order valence-electron chi connectivity index (χ3n) is 7.03. The molecular formula is C28H50N4O4. The molecule has 0 spiro atoms. The van der Waals surface area contributed by atoms with Gasteiger partial charge in [0.25, 0.3) is 10.9 Å². The zero-order valence-electron chi connectivity index (χ0n) is 24.5. The van der Waals surface area contributed by atoms with E-state index in [1.54, 1.807) is 0 Å². The highest BCUT2D eigenvalue weighted by Gasteiger charge is 2.34. The van der Waals surface area contributed by atoms with Gasteiger partial charge in [0.1, 0.15) is 11.4 Å². The standard InChI is InChI=1S/C28H50N4O4/c1-15(2)19(7)25(35)30-18(6)13-17(5)29-21-22(24(34)23(21)33)31-27(9,10)14-28(11,12)32-26(36)20(8)16(3)4/h15-20,29,31H,13-14H2,1-12H3,(H,30,35)(H,32,36). The van der Waals surface area contributed by atoms with Crippen molar-refractivity contribution in [2.24, 2.45) is 23.7 Å². The molecule has 0 radical (unpaired) electrons. The number of carbonyl (C=O) groups excluding carboxylic acids is 2. The summed E-state index contributed by atoms with van der Waals surface area (Å²) >= 11 is 0. The van der Waals surface area contributed by atoms with Crippen molar-refractivity contribution < 1.29 is 9.59 Å². The van der Waals surface area contributed by atoms with Crippen LogP contribution in [0.25, 0.3) is 0 Å². The minimum Gasteiger partial charge on any atom is -0.377 e. The van der Waals surface area contributed by atoms with Crippen molar-refractivity contribution in [1.82, 2.24) is 10.6 Å². The fourth-order valence-corrected chi connectivity index (χ4v) is 4.50. The van der Waals surface area contributed by atoms with Crippen LogP contribution in [0.1, 0.15) is 95.9 Å². The van der Waals surface area contributed by atoms with E-state index < -0.39 is 21.9 Å².